The fourth-order valence-corrected chi connectivity index (χ4v) is 3.61. The van der Waals surface area contributed by atoms with Crippen molar-refractivity contribution < 1.29 is 19.0 Å². The van der Waals surface area contributed by atoms with E-state index in [0.717, 1.165) is 22.0 Å². The van der Waals surface area contributed by atoms with Gasteiger partial charge in [-0.15, -0.1) is 0 Å². The monoisotopic (exact) mass is 390 g/mol. The van der Waals surface area contributed by atoms with Gasteiger partial charge in [-0.05, 0) is 24.3 Å². The highest BCUT2D eigenvalue weighted by atomic mass is 16.5. The molecular formula is C23H22N2O4. The largest absolute Gasteiger partial charge is 0.493 e. The Kier molecular flexibility index (Phi) is 4.76. The third-order valence-electron chi connectivity index (χ3n) is 5.06. The SMILES string of the molecule is COc1cc(C(=O)c2cc(-c3c[nH]c4ccccc34)cn2C)cc(OC)c1OC. The number of rotatable bonds is 6. The molecule has 6 nitrogen and oxygen atoms in total. The molecular weight excluding hydrogens is 368 g/mol. The fourth-order valence-electron chi connectivity index (χ4n) is 3.61. The van der Waals surface area contributed by atoms with Crippen LogP contribution in [-0.2, 0) is 7.05 Å². The Labute approximate surface area is 168 Å². The van der Waals surface area contributed by atoms with E-state index in [1.807, 2.05) is 48.3 Å². The van der Waals surface area contributed by atoms with Gasteiger partial charge in [-0.3, -0.25) is 4.79 Å². The van der Waals surface area contributed by atoms with Crippen molar-refractivity contribution in [2.24, 2.45) is 7.05 Å². The van der Waals surface area contributed by atoms with Gasteiger partial charge in [0.25, 0.3) is 0 Å². The molecule has 6 heteroatoms. The number of benzene rings is 2. The standard InChI is InChI=1S/C23H22N2O4/c1-25-13-15(17-12-24-18-8-6-5-7-16(17)18)9-19(25)22(26)14-10-20(27-2)23(29-4)21(11-14)28-3/h5-13,24H,1-4H3. The fraction of sp³-hybridized carbons (Fsp3) is 0.174. The van der Waals surface area contributed by atoms with E-state index < -0.39 is 0 Å². The minimum absolute atomic E-state index is 0.127. The zero-order valence-electron chi connectivity index (χ0n) is 16.8. The lowest BCUT2D eigenvalue weighted by atomic mass is 10.0. The van der Waals surface area contributed by atoms with Gasteiger partial charge in [0, 0.05) is 47.0 Å². The van der Waals surface area contributed by atoms with E-state index in [4.69, 9.17) is 14.2 Å². The van der Waals surface area contributed by atoms with Crippen LogP contribution in [0, 0.1) is 0 Å². The Balaban J connectivity index is 1.77. The maximum absolute atomic E-state index is 13.3. The van der Waals surface area contributed by atoms with Gasteiger partial charge in [-0.1, -0.05) is 18.2 Å². The van der Waals surface area contributed by atoms with Crippen LogP contribution in [0.1, 0.15) is 16.1 Å². The summed E-state index contributed by atoms with van der Waals surface area (Å²) in [6.45, 7) is 0. The minimum Gasteiger partial charge on any atom is -0.493 e. The second kappa shape index (κ2) is 7.39. The Morgan fingerprint density at radius 1 is 0.966 bits per heavy atom. The summed E-state index contributed by atoms with van der Waals surface area (Å²) in [5.41, 5.74) is 4.12. The highest BCUT2D eigenvalue weighted by Gasteiger charge is 2.21. The second-order valence-electron chi connectivity index (χ2n) is 6.72. The first kappa shape index (κ1) is 18.7. The predicted octanol–water partition coefficient (Wildman–Crippen LogP) is 4.43. The van der Waals surface area contributed by atoms with E-state index in [1.165, 1.54) is 21.3 Å². The molecule has 0 amide bonds. The zero-order valence-corrected chi connectivity index (χ0v) is 16.8. The number of hydrogen-bond acceptors (Lipinski definition) is 4. The lowest BCUT2D eigenvalue weighted by molar-refractivity contribution is 0.103. The molecule has 2 aromatic heterocycles. The summed E-state index contributed by atoms with van der Waals surface area (Å²) in [5.74, 6) is 1.22. The normalized spacial score (nSPS) is 10.9. The van der Waals surface area contributed by atoms with Crippen molar-refractivity contribution in [1.29, 1.82) is 0 Å². The van der Waals surface area contributed by atoms with Crippen LogP contribution in [0.25, 0.3) is 22.0 Å². The zero-order chi connectivity index (χ0) is 20.5. The average Bonchev–Trinajstić information content (AvgIpc) is 3.35. The number of ether oxygens (including phenoxy) is 3. The summed E-state index contributed by atoms with van der Waals surface area (Å²) < 4.78 is 17.9. The van der Waals surface area contributed by atoms with Crippen LogP contribution in [0.5, 0.6) is 17.2 Å². The van der Waals surface area contributed by atoms with Crippen molar-refractivity contribution in [1.82, 2.24) is 9.55 Å². The highest BCUT2D eigenvalue weighted by molar-refractivity contribution is 6.10. The van der Waals surface area contributed by atoms with E-state index in [1.54, 1.807) is 12.1 Å². The molecule has 0 saturated carbocycles. The van der Waals surface area contributed by atoms with Crippen molar-refractivity contribution >= 4 is 16.7 Å². The first-order chi connectivity index (χ1) is 14.1. The number of ketones is 1. The maximum Gasteiger partial charge on any atom is 0.209 e. The topological polar surface area (TPSA) is 65.5 Å². The quantitative estimate of drug-likeness (QED) is 0.495. The molecule has 0 aliphatic rings. The van der Waals surface area contributed by atoms with Crippen LogP contribution >= 0.6 is 0 Å². The van der Waals surface area contributed by atoms with Gasteiger partial charge >= 0.3 is 0 Å². The number of fused-ring (bicyclic) bond motifs is 1. The van der Waals surface area contributed by atoms with E-state index in [9.17, 15) is 4.79 Å². The molecule has 0 atom stereocenters. The number of carbonyl (C=O) groups excluding carboxylic acids is 1. The lowest BCUT2D eigenvalue weighted by Gasteiger charge is -2.13. The van der Waals surface area contributed by atoms with Crippen LogP contribution in [0.2, 0.25) is 0 Å². The molecule has 0 radical (unpaired) electrons. The van der Waals surface area contributed by atoms with Crippen molar-refractivity contribution in [3.63, 3.8) is 0 Å². The van der Waals surface area contributed by atoms with Crippen LogP contribution in [0.15, 0.2) is 54.9 Å². The van der Waals surface area contributed by atoms with Crippen molar-refractivity contribution in [2.75, 3.05) is 21.3 Å². The number of carbonyl (C=O) groups is 1. The number of H-pyrrole nitrogens is 1. The van der Waals surface area contributed by atoms with E-state index in [2.05, 4.69) is 11.1 Å². The number of aryl methyl sites for hydroxylation is 1. The molecule has 0 aliphatic heterocycles. The number of nitrogens with one attached hydrogen (secondary N) is 1. The van der Waals surface area contributed by atoms with Crippen molar-refractivity contribution in [2.45, 2.75) is 0 Å². The molecule has 1 N–H and O–H groups in total. The molecule has 0 unspecified atom stereocenters. The van der Waals surface area contributed by atoms with Crippen molar-refractivity contribution in [3.8, 4) is 28.4 Å². The Hall–Kier alpha value is -3.67. The van der Waals surface area contributed by atoms with Crippen LogP contribution < -0.4 is 14.2 Å². The molecule has 0 spiro atoms. The van der Waals surface area contributed by atoms with Gasteiger partial charge in [0.1, 0.15) is 0 Å². The molecule has 0 aliphatic carbocycles. The Bertz CT molecular complexity index is 1180. The van der Waals surface area contributed by atoms with Gasteiger partial charge in [0.2, 0.25) is 11.5 Å². The van der Waals surface area contributed by atoms with E-state index in [-0.39, 0.29) is 5.78 Å². The summed E-state index contributed by atoms with van der Waals surface area (Å²) in [5, 5.41) is 1.12. The van der Waals surface area contributed by atoms with Crippen molar-refractivity contribution in [3.05, 3.63) is 66.1 Å². The Morgan fingerprint density at radius 2 is 1.66 bits per heavy atom. The summed E-state index contributed by atoms with van der Waals surface area (Å²) in [6.07, 6.45) is 3.93. The van der Waals surface area contributed by atoms with E-state index >= 15 is 0 Å². The summed E-state index contributed by atoms with van der Waals surface area (Å²) >= 11 is 0. The van der Waals surface area contributed by atoms with Crippen LogP contribution in [0.4, 0.5) is 0 Å². The molecule has 4 rings (SSSR count). The van der Waals surface area contributed by atoms with Gasteiger partial charge in [-0.2, -0.15) is 0 Å². The number of nitrogens with zero attached hydrogens (tertiary/aromatic N) is 1. The maximum atomic E-state index is 13.3. The Morgan fingerprint density at radius 3 is 2.31 bits per heavy atom. The third kappa shape index (κ3) is 3.12. The first-order valence-electron chi connectivity index (χ1n) is 9.15. The van der Waals surface area contributed by atoms with Gasteiger partial charge in [0.05, 0.1) is 27.0 Å². The van der Waals surface area contributed by atoms with Gasteiger partial charge in [-0.25, -0.2) is 0 Å². The third-order valence-corrected chi connectivity index (χ3v) is 5.06. The molecule has 2 aromatic carbocycles. The number of aromatic nitrogens is 2. The van der Waals surface area contributed by atoms with Crippen LogP contribution in [-0.4, -0.2) is 36.7 Å². The van der Waals surface area contributed by atoms with Crippen LogP contribution in [0.3, 0.4) is 0 Å². The average molecular weight is 390 g/mol. The summed E-state index contributed by atoms with van der Waals surface area (Å²) in [6, 6.07) is 13.3. The molecule has 0 fully saturated rings. The molecule has 148 valence electrons. The lowest BCUT2D eigenvalue weighted by Crippen LogP contribution is -2.08. The number of methoxy groups -OCH3 is 3. The molecule has 0 saturated heterocycles. The predicted molar refractivity (Wildman–Crippen MR) is 112 cm³/mol. The molecule has 0 bridgehead atoms. The van der Waals surface area contributed by atoms with Gasteiger partial charge < -0.3 is 23.8 Å². The number of aromatic amines is 1. The second-order valence-corrected chi connectivity index (χ2v) is 6.72. The van der Waals surface area contributed by atoms with Gasteiger partial charge in [0.15, 0.2) is 11.5 Å². The number of hydrogen-bond donors (Lipinski definition) is 1. The minimum atomic E-state index is -0.127. The first-order valence-corrected chi connectivity index (χ1v) is 9.15. The summed E-state index contributed by atoms with van der Waals surface area (Å²) in [7, 11) is 6.46. The molecule has 2 heterocycles. The number of para-hydroxylation sites is 1. The van der Waals surface area contributed by atoms with E-state index in [0.29, 0.717) is 28.5 Å². The highest BCUT2D eigenvalue weighted by Crippen LogP contribution is 2.39. The molecule has 29 heavy (non-hydrogen) atoms. The smallest absolute Gasteiger partial charge is 0.209 e. The molecule has 4 aromatic rings. The summed E-state index contributed by atoms with van der Waals surface area (Å²) in [4.78, 5) is 16.5.